The van der Waals surface area contributed by atoms with Crippen LogP contribution in [-0.4, -0.2) is 25.7 Å². The van der Waals surface area contributed by atoms with Gasteiger partial charge in [-0.3, -0.25) is 4.72 Å². The first-order valence-electron chi connectivity index (χ1n) is 3.80. The van der Waals surface area contributed by atoms with Gasteiger partial charge in [0.15, 0.2) is 0 Å². The highest BCUT2D eigenvalue weighted by Crippen LogP contribution is 2.15. The van der Waals surface area contributed by atoms with Crippen molar-refractivity contribution in [3.05, 3.63) is 29.6 Å². The molecule has 0 aliphatic heterocycles. The summed E-state index contributed by atoms with van der Waals surface area (Å²) in [6, 6.07) is 2.98. The smallest absolute Gasteiger partial charge is 0.338 e. The van der Waals surface area contributed by atoms with Crippen molar-refractivity contribution in [2.45, 2.75) is 0 Å². The second-order valence-electron chi connectivity index (χ2n) is 2.87. The molecule has 15 heavy (non-hydrogen) atoms. The largest absolute Gasteiger partial charge is 0.478 e. The molecule has 82 valence electrons. The lowest BCUT2D eigenvalue weighted by Gasteiger charge is -2.04. The van der Waals surface area contributed by atoms with Crippen LogP contribution < -0.4 is 4.72 Å². The zero-order valence-electron chi connectivity index (χ0n) is 7.69. The summed E-state index contributed by atoms with van der Waals surface area (Å²) in [7, 11) is -3.49. The Morgan fingerprint density at radius 3 is 2.47 bits per heavy atom. The SMILES string of the molecule is CS(=O)(=O)Nc1ccc(C(=O)O)c(F)c1. The Morgan fingerprint density at radius 1 is 1.47 bits per heavy atom. The predicted molar refractivity (Wildman–Crippen MR) is 51.8 cm³/mol. The number of carbonyl (C=O) groups is 1. The molecular formula is C8H8FNO4S. The van der Waals surface area contributed by atoms with Crippen molar-refractivity contribution in [1.29, 1.82) is 0 Å². The van der Waals surface area contributed by atoms with E-state index in [0.717, 1.165) is 18.4 Å². The Morgan fingerprint density at radius 2 is 2.07 bits per heavy atom. The van der Waals surface area contributed by atoms with Crippen LogP contribution in [0.5, 0.6) is 0 Å². The molecule has 1 aromatic rings. The maximum absolute atomic E-state index is 13.1. The van der Waals surface area contributed by atoms with E-state index < -0.39 is 27.4 Å². The van der Waals surface area contributed by atoms with Crippen molar-refractivity contribution < 1.29 is 22.7 Å². The lowest BCUT2D eigenvalue weighted by molar-refractivity contribution is 0.0692. The summed E-state index contributed by atoms with van der Waals surface area (Å²) in [6.07, 6.45) is 0.913. The fourth-order valence-corrected chi connectivity index (χ4v) is 1.52. The summed E-state index contributed by atoms with van der Waals surface area (Å²) in [4.78, 5) is 10.4. The van der Waals surface area contributed by atoms with Gasteiger partial charge in [-0.25, -0.2) is 17.6 Å². The Hall–Kier alpha value is -1.63. The molecule has 0 bridgehead atoms. The average molecular weight is 233 g/mol. The zero-order valence-corrected chi connectivity index (χ0v) is 8.51. The number of carboxylic acids is 1. The van der Waals surface area contributed by atoms with Gasteiger partial charge in [-0.15, -0.1) is 0 Å². The van der Waals surface area contributed by atoms with Crippen LogP contribution in [0.3, 0.4) is 0 Å². The minimum atomic E-state index is -3.49. The molecule has 5 nitrogen and oxygen atoms in total. The fraction of sp³-hybridized carbons (Fsp3) is 0.125. The number of nitrogens with one attached hydrogen (secondary N) is 1. The summed E-state index contributed by atoms with van der Waals surface area (Å²) in [5.41, 5.74) is -0.519. The molecule has 0 amide bonds. The molecule has 0 radical (unpaired) electrons. The van der Waals surface area contributed by atoms with Gasteiger partial charge in [0.1, 0.15) is 5.82 Å². The summed E-state index contributed by atoms with van der Waals surface area (Å²) < 4.78 is 36.6. The Kier molecular flexibility index (Phi) is 2.94. The van der Waals surface area contributed by atoms with Crippen LogP contribution in [0, 0.1) is 5.82 Å². The molecule has 0 heterocycles. The second kappa shape index (κ2) is 3.85. The van der Waals surface area contributed by atoms with E-state index in [2.05, 4.69) is 0 Å². The van der Waals surface area contributed by atoms with Crippen molar-refractivity contribution in [3.63, 3.8) is 0 Å². The highest BCUT2D eigenvalue weighted by atomic mass is 32.2. The van der Waals surface area contributed by atoms with E-state index in [1.54, 1.807) is 0 Å². The first kappa shape index (κ1) is 11.4. The van der Waals surface area contributed by atoms with Crippen molar-refractivity contribution in [1.82, 2.24) is 0 Å². The van der Waals surface area contributed by atoms with Crippen molar-refractivity contribution in [3.8, 4) is 0 Å². The summed E-state index contributed by atoms with van der Waals surface area (Å²) in [5, 5.41) is 8.51. The predicted octanol–water partition coefficient (Wildman–Crippen LogP) is 0.895. The summed E-state index contributed by atoms with van der Waals surface area (Å²) in [6.45, 7) is 0. The van der Waals surface area contributed by atoms with Crippen LogP contribution in [-0.2, 0) is 10.0 Å². The molecule has 7 heteroatoms. The number of hydrogen-bond donors (Lipinski definition) is 2. The van der Waals surface area contributed by atoms with Crippen LogP contribution >= 0.6 is 0 Å². The van der Waals surface area contributed by atoms with E-state index in [9.17, 15) is 17.6 Å². The van der Waals surface area contributed by atoms with Gasteiger partial charge in [-0.05, 0) is 18.2 Å². The lowest BCUT2D eigenvalue weighted by Crippen LogP contribution is -2.10. The third-order valence-electron chi connectivity index (χ3n) is 1.50. The molecule has 0 aromatic heterocycles. The van der Waals surface area contributed by atoms with Gasteiger partial charge in [0.25, 0.3) is 0 Å². The number of anilines is 1. The fourth-order valence-electron chi connectivity index (χ4n) is 0.966. The van der Waals surface area contributed by atoms with Gasteiger partial charge in [0.05, 0.1) is 17.5 Å². The monoisotopic (exact) mass is 233 g/mol. The van der Waals surface area contributed by atoms with E-state index in [4.69, 9.17) is 5.11 Å². The van der Waals surface area contributed by atoms with E-state index in [0.29, 0.717) is 0 Å². The molecule has 0 unspecified atom stereocenters. The number of carboxylic acid groups (broad SMARTS) is 1. The average Bonchev–Trinajstić information content (AvgIpc) is 1.99. The number of halogens is 1. The minimum absolute atomic E-state index is 0.0139. The third-order valence-corrected chi connectivity index (χ3v) is 2.11. The molecule has 0 atom stereocenters. The molecule has 0 aliphatic carbocycles. The Bertz CT molecular complexity index is 497. The maximum atomic E-state index is 13.1. The van der Waals surface area contributed by atoms with Crippen LogP contribution in [0.4, 0.5) is 10.1 Å². The first-order valence-corrected chi connectivity index (χ1v) is 5.69. The first-order chi connectivity index (χ1) is 6.79. The number of benzene rings is 1. The van der Waals surface area contributed by atoms with Gasteiger partial charge in [-0.2, -0.15) is 0 Å². The highest BCUT2D eigenvalue weighted by Gasteiger charge is 2.11. The standard InChI is InChI=1S/C8H8FNO4S/c1-15(13,14)10-5-2-3-6(8(11)12)7(9)4-5/h2-4,10H,1H3,(H,11,12). The van der Waals surface area contributed by atoms with E-state index >= 15 is 0 Å². The third kappa shape index (κ3) is 3.21. The van der Waals surface area contributed by atoms with Gasteiger partial charge in [0, 0.05) is 0 Å². The van der Waals surface area contributed by atoms with Gasteiger partial charge < -0.3 is 5.11 Å². The molecular weight excluding hydrogens is 225 g/mol. The van der Waals surface area contributed by atoms with Gasteiger partial charge >= 0.3 is 5.97 Å². The number of sulfonamides is 1. The minimum Gasteiger partial charge on any atom is -0.478 e. The van der Waals surface area contributed by atoms with Crippen molar-refractivity contribution >= 4 is 21.7 Å². The quantitative estimate of drug-likeness (QED) is 0.812. The normalized spacial score (nSPS) is 11.1. The molecule has 1 aromatic carbocycles. The number of hydrogen-bond acceptors (Lipinski definition) is 3. The topological polar surface area (TPSA) is 83.5 Å². The molecule has 0 fully saturated rings. The van der Waals surface area contributed by atoms with Crippen LogP contribution in [0.2, 0.25) is 0 Å². The molecule has 2 N–H and O–H groups in total. The summed E-state index contributed by atoms with van der Waals surface area (Å²) in [5.74, 6) is -2.39. The van der Waals surface area contributed by atoms with E-state index in [1.807, 2.05) is 4.72 Å². The Balaban J connectivity index is 3.07. The summed E-state index contributed by atoms with van der Waals surface area (Å²) >= 11 is 0. The van der Waals surface area contributed by atoms with Crippen LogP contribution in [0.15, 0.2) is 18.2 Å². The Labute approximate surface area is 85.6 Å². The zero-order chi connectivity index (χ0) is 11.6. The lowest BCUT2D eigenvalue weighted by atomic mass is 10.2. The van der Waals surface area contributed by atoms with Crippen molar-refractivity contribution in [2.24, 2.45) is 0 Å². The van der Waals surface area contributed by atoms with Gasteiger partial charge in [0.2, 0.25) is 10.0 Å². The second-order valence-corrected chi connectivity index (χ2v) is 4.62. The van der Waals surface area contributed by atoms with Crippen LogP contribution in [0.25, 0.3) is 0 Å². The maximum Gasteiger partial charge on any atom is 0.338 e. The molecule has 1 rings (SSSR count). The molecule has 0 aliphatic rings. The van der Waals surface area contributed by atoms with E-state index in [-0.39, 0.29) is 5.69 Å². The highest BCUT2D eigenvalue weighted by molar-refractivity contribution is 7.92. The van der Waals surface area contributed by atoms with Gasteiger partial charge in [-0.1, -0.05) is 0 Å². The van der Waals surface area contributed by atoms with Crippen molar-refractivity contribution in [2.75, 3.05) is 11.0 Å². The number of aromatic carboxylic acids is 1. The van der Waals surface area contributed by atoms with Crippen LogP contribution in [0.1, 0.15) is 10.4 Å². The molecule has 0 spiro atoms. The molecule has 0 saturated heterocycles. The molecule has 0 saturated carbocycles. The van der Waals surface area contributed by atoms with E-state index in [1.165, 1.54) is 6.07 Å². The number of rotatable bonds is 3.